The van der Waals surface area contributed by atoms with Gasteiger partial charge in [0.15, 0.2) is 11.5 Å². The number of hydrogen-bond acceptors (Lipinski definition) is 6. The minimum atomic E-state index is -3.84. The number of carbonyl (C=O) groups is 2. The molecule has 11 heteroatoms. The van der Waals surface area contributed by atoms with Gasteiger partial charge in [0, 0.05) is 18.8 Å². The first-order chi connectivity index (χ1) is 16.6. The maximum Gasteiger partial charge on any atom is 0.405 e. The molecule has 2 bridgehead atoms. The van der Waals surface area contributed by atoms with E-state index in [1.165, 1.54) is 17.3 Å². The molecule has 3 aliphatic rings. The minimum absolute atomic E-state index is 0.0681. The third-order valence-corrected chi connectivity index (χ3v) is 9.32. The van der Waals surface area contributed by atoms with E-state index in [4.69, 9.17) is 5.11 Å². The highest BCUT2D eigenvalue weighted by Crippen LogP contribution is 2.53. The maximum absolute atomic E-state index is 13.5. The molecule has 3 saturated carbocycles. The van der Waals surface area contributed by atoms with Crippen LogP contribution in [-0.4, -0.2) is 52.1 Å². The van der Waals surface area contributed by atoms with Crippen LogP contribution in [0.3, 0.4) is 0 Å². The fourth-order valence-corrected chi connectivity index (χ4v) is 6.73. The van der Waals surface area contributed by atoms with Crippen LogP contribution in [-0.2, 0) is 14.8 Å². The Hall–Kier alpha value is -3.47. The summed E-state index contributed by atoms with van der Waals surface area (Å²) in [6.45, 7) is 1.88. The molecule has 6 rings (SSSR count). The van der Waals surface area contributed by atoms with E-state index in [9.17, 15) is 18.0 Å². The van der Waals surface area contributed by atoms with E-state index in [2.05, 4.69) is 15.3 Å². The fraction of sp³-hybridized carbons (Fsp3) is 0.417. The molecule has 3 fully saturated rings. The smallest absolute Gasteiger partial charge is 0.405 e. The number of fused-ring (bicyclic) bond motifs is 4. The van der Waals surface area contributed by atoms with Crippen molar-refractivity contribution >= 4 is 39.0 Å². The van der Waals surface area contributed by atoms with E-state index in [-0.39, 0.29) is 16.4 Å². The van der Waals surface area contributed by atoms with Crippen LogP contribution in [0.15, 0.2) is 47.6 Å². The summed E-state index contributed by atoms with van der Waals surface area (Å²) in [6.07, 6.45) is 5.52. The predicted octanol–water partition coefficient (Wildman–Crippen LogP) is 3.30. The summed E-state index contributed by atoms with van der Waals surface area (Å²) < 4.78 is 27.3. The topological polar surface area (TPSA) is 134 Å². The van der Waals surface area contributed by atoms with Crippen molar-refractivity contribution in [3.8, 4) is 0 Å². The molecule has 184 valence electrons. The average Bonchev–Trinajstić information content (AvgIpc) is 3.28. The van der Waals surface area contributed by atoms with Crippen molar-refractivity contribution in [2.75, 3.05) is 11.9 Å². The number of aryl methyl sites for hydroxylation is 1. The lowest BCUT2D eigenvalue weighted by Crippen LogP contribution is -2.59. The molecule has 1 aromatic carbocycles. The molecule has 2 N–H and O–H groups in total. The summed E-state index contributed by atoms with van der Waals surface area (Å²) in [7, 11) is -2.19. The molecule has 2 aromatic heterocycles. The van der Waals surface area contributed by atoms with Crippen LogP contribution < -0.4 is 10.2 Å². The zero-order valence-electron chi connectivity index (χ0n) is 19.6. The van der Waals surface area contributed by atoms with Crippen molar-refractivity contribution in [1.29, 1.82) is 0 Å². The average molecular weight is 498 g/mol. The summed E-state index contributed by atoms with van der Waals surface area (Å²) in [6, 6.07) is 8.15. The van der Waals surface area contributed by atoms with Gasteiger partial charge in [-0.1, -0.05) is 17.7 Å². The monoisotopic (exact) mass is 497 g/mol. The molecule has 3 aromatic rings. The van der Waals surface area contributed by atoms with Gasteiger partial charge in [0.05, 0.1) is 16.5 Å². The Kier molecular flexibility index (Phi) is 5.35. The number of rotatable bonds is 5. The van der Waals surface area contributed by atoms with Gasteiger partial charge in [0.1, 0.15) is 5.52 Å². The Morgan fingerprint density at radius 2 is 1.69 bits per heavy atom. The highest BCUT2D eigenvalue weighted by molar-refractivity contribution is 7.90. The Morgan fingerprint density at radius 1 is 1.06 bits per heavy atom. The third-order valence-electron chi connectivity index (χ3n) is 7.64. The molecular weight excluding hydrogens is 470 g/mol. The van der Waals surface area contributed by atoms with Gasteiger partial charge < -0.3 is 10.4 Å². The van der Waals surface area contributed by atoms with Crippen LogP contribution in [0.4, 0.5) is 10.6 Å². The first-order valence-corrected chi connectivity index (χ1v) is 13.0. The summed E-state index contributed by atoms with van der Waals surface area (Å²) >= 11 is 0. The van der Waals surface area contributed by atoms with Crippen LogP contribution in [0.2, 0.25) is 0 Å². The van der Waals surface area contributed by atoms with E-state index in [1.807, 2.05) is 6.92 Å². The molecule has 35 heavy (non-hydrogen) atoms. The van der Waals surface area contributed by atoms with Crippen molar-refractivity contribution < 1.29 is 23.1 Å². The van der Waals surface area contributed by atoms with Crippen molar-refractivity contribution in [2.24, 2.45) is 5.41 Å². The summed E-state index contributed by atoms with van der Waals surface area (Å²) in [5.41, 5.74) is 0.531. The minimum Gasteiger partial charge on any atom is -0.465 e. The van der Waals surface area contributed by atoms with Crippen molar-refractivity contribution in [3.63, 3.8) is 0 Å². The van der Waals surface area contributed by atoms with Crippen molar-refractivity contribution in [3.05, 3.63) is 48.3 Å². The molecule has 2 amide bonds. The number of amides is 2. The van der Waals surface area contributed by atoms with Gasteiger partial charge in [-0.15, -0.1) is 0 Å². The van der Waals surface area contributed by atoms with Gasteiger partial charge in [-0.3, -0.25) is 9.69 Å². The van der Waals surface area contributed by atoms with Crippen LogP contribution in [0.25, 0.3) is 11.2 Å². The van der Waals surface area contributed by atoms with E-state index < -0.39 is 27.1 Å². The number of anilines is 1. The lowest BCUT2D eigenvalue weighted by molar-refractivity contribution is -0.134. The third kappa shape index (κ3) is 3.83. The van der Waals surface area contributed by atoms with Gasteiger partial charge in [0.25, 0.3) is 10.0 Å². The molecule has 0 saturated heterocycles. The number of nitrogens with one attached hydrogen (secondary N) is 1. The number of carbonyl (C=O) groups excluding carboxylic acids is 1. The Morgan fingerprint density at radius 3 is 2.29 bits per heavy atom. The first-order valence-electron chi connectivity index (χ1n) is 11.5. The summed E-state index contributed by atoms with van der Waals surface area (Å²) in [5.74, 6) is 0.273. The van der Waals surface area contributed by atoms with Gasteiger partial charge in [-0.05, 0) is 63.6 Å². The highest BCUT2D eigenvalue weighted by Gasteiger charge is 2.54. The number of hydrogen-bond donors (Lipinski definition) is 2. The van der Waals surface area contributed by atoms with Crippen molar-refractivity contribution in [2.45, 2.75) is 55.9 Å². The molecule has 3 aliphatic carbocycles. The van der Waals surface area contributed by atoms with Gasteiger partial charge in [-0.2, -0.15) is 0 Å². The van der Waals surface area contributed by atoms with Crippen LogP contribution in [0.5, 0.6) is 0 Å². The quantitative estimate of drug-likeness (QED) is 0.552. The van der Waals surface area contributed by atoms with Gasteiger partial charge in [0.2, 0.25) is 5.91 Å². The Balaban J connectivity index is 1.39. The standard InChI is InChI=1S/C24H27N5O5S/c1-16-3-5-17(6-4-16)35(33,34)29-14-7-18-20(29)25-15-19(26-18)28(2)21(30)23-8-11-24(12-9-23,13-10-23)27-22(31)32/h3-7,14-15,27H,8-13H2,1-2H3,(H,31,32). The number of nitrogens with zero attached hydrogens (tertiary/aromatic N) is 4. The number of carboxylic acid groups (broad SMARTS) is 1. The molecule has 0 spiro atoms. The van der Waals surface area contributed by atoms with Gasteiger partial charge >= 0.3 is 6.09 Å². The van der Waals surface area contributed by atoms with E-state index in [1.54, 1.807) is 37.4 Å². The van der Waals surface area contributed by atoms with E-state index in [0.29, 0.717) is 49.9 Å². The molecule has 0 aliphatic heterocycles. The molecule has 0 atom stereocenters. The lowest BCUT2D eigenvalue weighted by atomic mass is 9.56. The van der Waals surface area contributed by atoms with E-state index >= 15 is 0 Å². The van der Waals surface area contributed by atoms with Crippen LogP contribution in [0, 0.1) is 12.3 Å². The van der Waals surface area contributed by atoms with Crippen LogP contribution in [0.1, 0.15) is 44.1 Å². The number of aromatic nitrogens is 3. The number of benzene rings is 1. The molecule has 0 unspecified atom stereocenters. The SMILES string of the molecule is Cc1ccc(S(=O)(=O)n2ccc3nc(N(C)C(=O)C45CCC(NC(=O)O)(CC4)CC5)cnc32)cc1. The van der Waals surface area contributed by atoms with Crippen molar-refractivity contribution in [1.82, 2.24) is 19.3 Å². The van der Waals surface area contributed by atoms with Gasteiger partial charge in [-0.25, -0.2) is 27.2 Å². The molecular formula is C24H27N5O5S. The fourth-order valence-electron chi connectivity index (χ4n) is 5.44. The lowest BCUT2D eigenvalue weighted by Gasteiger charge is -2.52. The zero-order valence-corrected chi connectivity index (χ0v) is 20.4. The first kappa shape index (κ1) is 23.3. The second-order valence-electron chi connectivity index (χ2n) is 9.72. The maximum atomic E-state index is 13.5. The van der Waals surface area contributed by atoms with Crippen LogP contribution >= 0.6 is 0 Å². The Labute approximate surface area is 203 Å². The van der Waals surface area contributed by atoms with E-state index in [0.717, 1.165) is 9.54 Å². The normalized spacial score (nSPS) is 23.8. The molecule has 2 heterocycles. The second-order valence-corrected chi connectivity index (χ2v) is 11.5. The summed E-state index contributed by atoms with van der Waals surface area (Å²) in [4.78, 5) is 35.2. The predicted molar refractivity (Wildman–Crippen MR) is 129 cm³/mol. The Bertz CT molecular complexity index is 1410. The largest absolute Gasteiger partial charge is 0.465 e. The highest BCUT2D eigenvalue weighted by atomic mass is 32.2. The summed E-state index contributed by atoms with van der Waals surface area (Å²) in [5, 5.41) is 11.8. The zero-order chi connectivity index (χ0) is 25.0. The molecule has 0 radical (unpaired) electrons. The second kappa shape index (κ2) is 8.04. The molecule has 10 nitrogen and oxygen atoms in total.